The molecule has 0 spiro atoms. The Kier molecular flexibility index (Phi) is 5.48. The number of carbonyl (C=O) groups is 1. The maximum Gasteiger partial charge on any atom is 0.265 e. The van der Waals surface area contributed by atoms with E-state index in [0.717, 1.165) is 0 Å². The molecule has 0 aliphatic heterocycles. The minimum Gasteiger partial charge on any atom is -0.481 e. The maximum atomic E-state index is 12.2. The predicted molar refractivity (Wildman–Crippen MR) is 86.2 cm³/mol. The van der Waals surface area contributed by atoms with Crippen LogP contribution in [-0.4, -0.2) is 12.0 Å². The monoisotopic (exact) mass is 323 g/mol. The zero-order valence-corrected chi connectivity index (χ0v) is 13.0. The highest BCUT2D eigenvalue weighted by atomic mass is 35.5. The fraction of sp³-hybridized carbons (Fsp3) is 0.188. The van der Waals surface area contributed by atoms with E-state index in [1.54, 1.807) is 48.5 Å². The molecule has 2 rings (SSSR count). The number of halogens is 2. The molecule has 1 amide bonds. The number of nitrogens with one attached hydrogen (secondary N) is 1. The van der Waals surface area contributed by atoms with Crippen LogP contribution in [0.15, 0.2) is 48.5 Å². The third-order valence-corrected chi connectivity index (χ3v) is 3.37. The Morgan fingerprint density at radius 1 is 1.05 bits per heavy atom. The van der Waals surface area contributed by atoms with E-state index in [0.29, 0.717) is 27.9 Å². The number of amides is 1. The van der Waals surface area contributed by atoms with Gasteiger partial charge in [-0.25, -0.2) is 0 Å². The van der Waals surface area contributed by atoms with Crippen LogP contribution >= 0.6 is 23.2 Å². The number of hydrogen-bond donors (Lipinski definition) is 1. The Morgan fingerprint density at radius 3 is 2.10 bits per heavy atom. The molecular weight excluding hydrogens is 309 g/mol. The lowest BCUT2D eigenvalue weighted by Crippen LogP contribution is -2.32. The number of rotatable bonds is 5. The summed E-state index contributed by atoms with van der Waals surface area (Å²) in [6.07, 6.45) is -0.0101. The molecule has 0 heterocycles. The van der Waals surface area contributed by atoms with Crippen molar-refractivity contribution in [3.63, 3.8) is 0 Å². The van der Waals surface area contributed by atoms with Gasteiger partial charge in [-0.15, -0.1) is 0 Å². The third-order valence-electron chi connectivity index (χ3n) is 2.87. The van der Waals surface area contributed by atoms with Crippen LogP contribution in [0.2, 0.25) is 10.0 Å². The topological polar surface area (TPSA) is 38.3 Å². The molecule has 0 unspecified atom stereocenters. The molecule has 0 radical (unpaired) electrons. The molecule has 0 saturated carbocycles. The molecule has 0 fully saturated rings. The van der Waals surface area contributed by atoms with E-state index in [2.05, 4.69) is 5.32 Å². The molecule has 0 saturated heterocycles. The second-order valence-electron chi connectivity index (χ2n) is 4.46. The molecule has 3 nitrogen and oxygen atoms in total. The molecule has 21 heavy (non-hydrogen) atoms. The summed E-state index contributed by atoms with van der Waals surface area (Å²) in [5.74, 6) is 0.410. The summed E-state index contributed by atoms with van der Waals surface area (Å²) < 4.78 is 5.68. The highest BCUT2D eigenvalue weighted by molar-refractivity contribution is 6.30. The summed E-state index contributed by atoms with van der Waals surface area (Å²) >= 11 is 11.6. The molecule has 2 aromatic carbocycles. The lowest BCUT2D eigenvalue weighted by molar-refractivity contribution is -0.122. The third kappa shape index (κ3) is 4.66. The first kappa shape index (κ1) is 15.7. The fourth-order valence-corrected chi connectivity index (χ4v) is 2.01. The molecule has 0 aliphatic rings. The predicted octanol–water partition coefficient (Wildman–Crippen LogP) is 4.79. The Balaban J connectivity index is 2.01. The van der Waals surface area contributed by atoms with Crippen LogP contribution in [0.3, 0.4) is 0 Å². The molecule has 5 heteroatoms. The van der Waals surface area contributed by atoms with Gasteiger partial charge in [-0.05, 0) is 55.0 Å². The summed E-state index contributed by atoms with van der Waals surface area (Å²) in [4.78, 5) is 12.2. The van der Waals surface area contributed by atoms with Crippen LogP contribution in [0.5, 0.6) is 5.75 Å². The highest BCUT2D eigenvalue weighted by Gasteiger charge is 2.18. The van der Waals surface area contributed by atoms with Crippen LogP contribution in [0, 0.1) is 0 Å². The van der Waals surface area contributed by atoms with Gasteiger partial charge in [0.25, 0.3) is 5.91 Å². The second-order valence-corrected chi connectivity index (χ2v) is 5.34. The second kappa shape index (κ2) is 7.34. The van der Waals surface area contributed by atoms with Crippen LogP contribution in [0.25, 0.3) is 0 Å². The van der Waals surface area contributed by atoms with E-state index in [1.165, 1.54) is 0 Å². The van der Waals surface area contributed by atoms with Gasteiger partial charge in [-0.2, -0.15) is 0 Å². The average molecular weight is 324 g/mol. The zero-order valence-electron chi connectivity index (χ0n) is 11.5. The van der Waals surface area contributed by atoms with Gasteiger partial charge in [0.2, 0.25) is 0 Å². The van der Waals surface area contributed by atoms with Gasteiger partial charge < -0.3 is 10.1 Å². The molecule has 0 bridgehead atoms. The standard InChI is InChI=1S/C16H15Cl2NO2/c1-2-15(21-14-9-5-12(18)6-10-14)16(20)19-13-7-3-11(17)4-8-13/h3-10,15H,2H2,1H3,(H,19,20)/t15-/m0/s1. The molecule has 2 aromatic rings. The Bertz CT molecular complexity index is 597. The largest absolute Gasteiger partial charge is 0.481 e. The first-order valence-electron chi connectivity index (χ1n) is 6.57. The number of ether oxygens (including phenoxy) is 1. The number of anilines is 1. The van der Waals surface area contributed by atoms with Crippen LogP contribution < -0.4 is 10.1 Å². The average Bonchev–Trinajstić information content (AvgIpc) is 2.49. The van der Waals surface area contributed by atoms with Crippen molar-refractivity contribution < 1.29 is 9.53 Å². The summed E-state index contributed by atoms with van der Waals surface area (Å²) in [5, 5.41) is 4.05. The van der Waals surface area contributed by atoms with E-state index >= 15 is 0 Å². The van der Waals surface area contributed by atoms with Gasteiger partial charge in [0.15, 0.2) is 6.10 Å². The Hall–Kier alpha value is -1.71. The zero-order chi connectivity index (χ0) is 15.2. The minimum atomic E-state index is -0.568. The van der Waals surface area contributed by atoms with E-state index in [9.17, 15) is 4.79 Å². The van der Waals surface area contributed by atoms with Gasteiger partial charge >= 0.3 is 0 Å². The molecule has 110 valence electrons. The molecule has 1 atom stereocenters. The van der Waals surface area contributed by atoms with Gasteiger partial charge in [0.05, 0.1) is 0 Å². The quantitative estimate of drug-likeness (QED) is 0.859. The Morgan fingerprint density at radius 2 is 1.57 bits per heavy atom. The summed E-state index contributed by atoms with van der Waals surface area (Å²) in [6.45, 7) is 1.89. The minimum absolute atomic E-state index is 0.199. The van der Waals surface area contributed by atoms with E-state index in [4.69, 9.17) is 27.9 Å². The van der Waals surface area contributed by atoms with E-state index in [-0.39, 0.29) is 5.91 Å². The normalized spacial score (nSPS) is 11.8. The van der Waals surface area contributed by atoms with Crippen molar-refractivity contribution in [1.29, 1.82) is 0 Å². The van der Waals surface area contributed by atoms with Crippen molar-refractivity contribution >= 4 is 34.8 Å². The summed E-state index contributed by atoms with van der Waals surface area (Å²) in [7, 11) is 0. The van der Waals surface area contributed by atoms with Crippen LogP contribution in [0.1, 0.15) is 13.3 Å². The van der Waals surface area contributed by atoms with Crippen molar-refractivity contribution in [2.75, 3.05) is 5.32 Å². The highest BCUT2D eigenvalue weighted by Crippen LogP contribution is 2.19. The van der Waals surface area contributed by atoms with Crippen molar-refractivity contribution in [1.82, 2.24) is 0 Å². The molecule has 1 N–H and O–H groups in total. The first-order chi connectivity index (χ1) is 10.1. The van der Waals surface area contributed by atoms with Gasteiger partial charge in [-0.1, -0.05) is 30.1 Å². The fourth-order valence-electron chi connectivity index (χ4n) is 1.76. The summed E-state index contributed by atoms with van der Waals surface area (Å²) in [6, 6.07) is 13.9. The molecular formula is C16H15Cl2NO2. The number of carbonyl (C=O) groups excluding carboxylic acids is 1. The van der Waals surface area contributed by atoms with Crippen molar-refractivity contribution in [2.45, 2.75) is 19.4 Å². The van der Waals surface area contributed by atoms with Crippen LogP contribution in [0.4, 0.5) is 5.69 Å². The maximum absolute atomic E-state index is 12.2. The van der Waals surface area contributed by atoms with Gasteiger partial charge in [0.1, 0.15) is 5.75 Å². The lowest BCUT2D eigenvalue weighted by Gasteiger charge is -2.17. The smallest absolute Gasteiger partial charge is 0.265 e. The van der Waals surface area contributed by atoms with E-state index in [1.807, 2.05) is 6.92 Å². The number of benzene rings is 2. The van der Waals surface area contributed by atoms with Crippen molar-refractivity contribution in [2.24, 2.45) is 0 Å². The lowest BCUT2D eigenvalue weighted by atomic mass is 10.2. The molecule has 0 aliphatic carbocycles. The summed E-state index contributed by atoms with van der Waals surface area (Å²) in [5.41, 5.74) is 0.683. The van der Waals surface area contributed by atoms with Crippen molar-refractivity contribution in [3.05, 3.63) is 58.6 Å². The van der Waals surface area contributed by atoms with Gasteiger partial charge in [-0.3, -0.25) is 4.79 Å². The molecule has 0 aromatic heterocycles. The van der Waals surface area contributed by atoms with Crippen LogP contribution in [-0.2, 0) is 4.79 Å². The van der Waals surface area contributed by atoms with Gasteiger partial charge in [0, 0.05) is 15.7 Å². The van der Waals surface area contributed by atoms with E-state index < -0.39 is 6.10 Å². The first-order valence-corrected chi connectivity index (χ1v) is 7.32. The SMILES string of the molecule is CC[C@H](Oc1ccc(Cl)cc1)C(=O)Nc1ccc(Cl)cc1. The Labute approximate surface area is 133 Å². The van der Waals surface area contributed by atoms with Crippen molar-refractivity contribution in [3.8, 4) is 5.75 Å². The number of hydrogen-bond acceptors (Lipinski definition) is 2.